The molecule has 0 unspecified atom stereocenters. The Kier molecular flexibility index (Phi) is 7.45. The first-order valence-corrected chi connectivity index (χ1v) is 8.66. The summed E-state index contributed by atoms with van der Waals surface area (Å²) in [5.74, 6) is 0.258. The largest absolute Gasteiger partial charge is 0.325 e. The molecule has 0 heterocycles. The average molecular weight is 394 g/mol. The number of para-hydroxylation sites is 1. The van der Waals surface area contributed by atoms with Gasteiger partial charge in [0.2, 0.25) is 5.91 Å². The van der Waals surface area contributed by atoms with Gasteiger partial charge in [-0.25, -0.2) is 0 Å². The fourth-order valence-electron chi connectivity index (χ4n) is 2.41. The SMILES string of the molecule is Cl.O=C(CNCC1CC1)Nc1ccc(Cl)c(C(=O)Nc2ccccc2)c1. The average Bonchev–Trinajstić information content (AvgIpc) is 3.42. The van der Waals surface area contributed by atoms with Crippen LogP contribution in [0.1, 0.15) is 23.2 Å². The van der Waals surface area contributed by atoms with Gasteiger partial charge in [0.15, 0.2) is 0 Å². The van der Waals surface area contributed by atoms with Crippen molar-refractivity contribution in [3.05, 3.63) is 59.1 Å². The minimum Gasteiger partial charge on any atom is -0.325 e. The molecule has 7 heteroatoms. The summed E-state index contributed by atoms with van der Waals surface area (Å²) in [6.45, 7) is 1.13. The number of carbonyl (C=O) groups excluding carboxylic acids is 2. The number of hydrogen-bond acceptors (Lipinski definition) is 3. The zero-order valence-corrected chi connectivity index (χ0v) is 15.7. The predicted octanol–water partition coefficient (Wildman–Crippen LogP) is 3.95. The van der Waals surface area contributed by atoms with Gasteiger partial charge in [0.05, 0.1) is 17.1 Å². The number of rotatable bonds is 7. The Morgan fingerprint density at radius 3 is 2.42 bits per heavy atom. The minimum atomic E-state index is -0.320. The van der Waals surface area contributed by atoms with E-state index in [1.807, 2.05) is 18.2 Å². The van der Waals surface area contributed by atoms with E-state index < -0.39 is 0 Å². The van der Waals surface area contributed by atoms with Crippen LogP contribution in [-0.2, 0) is 4.79 Å². The third kappa shape index (κ3) is 6.02. The molecule has 2 aromatic rings. The Morgan fingerprint density at radius 1 is 1.00 bits per heavy atom. The molecule has 0 aliphatic heterocycles. The lowest BCUT2D eigenvalue weighted by atomic mass is 10.1. The summed E-state index contributed by atoms with van der Waals surface area (Å²) < 4.78 is 0. The molecule has 3 N–H and O–H groups in total. The highest BCUT2D eigenvalue weighted by Gasteiger charge is 2.20. The Balaban J connectivity index is 0.00000243. The maximum absolute atomic E-state index is 12.4. The van der Waals surface area contributed by atoms with Crippen LogP contribution < -0.4 is 16.0 Å². The topological polar surface area (TPSA) is 70.2 Å². The van der Waals surface area contributed by atoms with Crippen molar-refractivity contribution < 1.29 is 9.59 Å². The Morgan fingerprint density at radius 2 is 1.73 bits per heavy atom. The molecule has 0 atom stereocenters. The molecule has 1 aliphatic rings. The smallest absolute Gasteiger partial charge is 0.257 e. The summed E-state index contributed by atoms with van der Waals surface area (Å²) in [5, 5.41) is 9.03. The van der Waals surface area contributed by atoms with Gasteiger partial charge in [0.1, 0.15) is 0 Å². The molecule has 1 saturated carbocycles. The van der Waals surface area contributed by atoms with Crippen LogP contribution in [0, 0.1) is 5.92 Å². The van der Waals surface area contributed by atoms with Gasteiger partial charge in [-0.05, 0) is 55.6 Å². The molecular weight excluding hydrogens is 373 g/mol. The van der Waals surface area contributed by atoms with Gasteiger partial charge >= 0.3 is 0 Å². The number of halogens is 2. The summed E-state index contributed by atoms with van der Waals surface area (Å²) >= 11 is 6.13. The van der Waals surface area contributed by atoms with Crippen molar-refractivity contribution in [2.24, 2.45) is 5.92 Å². The van der Waals surface area contributed by atoms with Crippen molar-refractivity contribution in [3.8, 4) is 0 Å². The van der Waals surface area contributed by atoms with Gasteiger partial charge in [0, 0.05) is 11.4 Å². The van der Waals surface area contributed by atoms with Crippen LogP contribution >= 0.6 is 24.0 Å². The number of carbonyl (C=O) groups is 2. The lowest BCUT2D eigenvalue weighted by molar-refractivity contribution is -0.115. The first kappa shape index (κ1) is 20.2. The van der Waals surface area contributed by atoms with E-state index in [-0.39, 0.29) is 30.8 Å². The molecule has 26 heavy (non-hydrogen) atoms. The lowest BCUT2D eigenvalue weighted by Crippen LogP contribution is -2.29. The van der Waals surface area contributed by atoms with Crippen LogP contribution in [-0.4, -0.2) is 24.9 Å². The van der Waals surface area contributed by atoms with Gasteiger partial charge in [0.25, 0.3) is 5.91 Å². The van der Waals surface area contributed by atoms with Crippen LogP contribution in [0.2, 0.25) is 5.02 Å². The molecule has 0 saturated heterocycles. The van der Waals surface area contributed by atoms with Gasteiger partial charge in [-0.2, -0.15) is 0 Å². The third-order valence-electron chi connectivity index (χ3n) is 3.94. The highest BCUT2D eigenvalue weighted by atomic mass is 35.5. The molecule has 1 aliphatic carbocycles. The van der Waals surface area contributed by atoms with E-state index in [9.17, 15) is 9.59 Å². The zero-order chi connectivity index (χ0) is 17.6. The van der Waals surface area contributed by atoms with Gasteiger partial charge < -0.3 is 16.0 Å². The second-order valence-electron chi connectivity index (χ2n) is 6.14. The standard InChI is InChI=1S/C19H20ClN3O2.ClH/c20-17-9-8-15(22-18(24)12-21-11-13-6-7-13)10-16(17)19(25)23-14-4-2-1-3-5-14;/h1-5,8-10,13,21H,6-7,11-12H2,(H,22,24)(H,23,25);1H. The van der Waals surface area contributed by atoms with E-state index in [1.165, 1.54) is 12.8 Å². The number of hydrogen-bond donors (Lipinski definition) is 3. The maximum atomic E-state index is 12.4. The molecule has 0 radical (unpaired) electrons. The van der Waals surface area contributed by atoms with Crippen LogP contribution in [0.3, 0.4) is 0 Å². The summed E-state index contributed by atoms with van der Waals surface area (Å²) in [6, 6.07) is 14.0. The Hall–Kier alpha value is -2.08. The molecule has 2 aromatic carbocycles. The van der Waals surface area contributed by atoms with Crippen LogP contribution in [0.25, 0.3) is 0 Å². The summed E-state index contributed by atoms with van der Waals surface area (Å²) in [4.78, 5) is 24.4. The van der Waals surface area contributed by atoms with Crippen molar-refractivity contribution in [3.63, 3.8) is 0 Å². The van der Waals surface area contributed by atoms with E-state index in [4.69, 9.17) is 11.6 Å². The number of benzene rings is 2. The van der Waals surface area contributed by atoms with Crippen LogP contribution in [0.5, 0.6) is 0 Å². The van der Waals surface area contributed by atoms with Crippen molar-refractivity contribution in [1.82, 2.24) is 5.32 Å². The molecule has 0 spiro atoms. The monoisotopic (exact) mass is 393 g/mol. The quantitative estimate of drug-likeness (QED) is 0.666. The number of nitrogens with one attached hydrogen (secondary N) is 3. The Labute approximate surface area is 163 Å². The first-order chi connectivity index (χ1) is 12.1. The van der Waals surface area contributed by atoms with Gasteiger partial charge in [-0.15, -0.1) is 12.4 Å². The third-order valence-corrected chi connectivity index (χ3v) is 4.27. The molecule has 3 rings (SSSR count). The van der Waals surface area contributed by atoms with E-state index in [0.717, 1.165) is 12.5 Å². The first-order valence-electron chi connectivity index (χ1n) is 8.28. The molecule has 5 nitrogen and oxygen atoms in total. The number of amides is 2. The normalized spacial score (nSPS) is 12.8. The van der Waals surface area contributed by atoms with Crippen molar-refractivity contribution >= 4 is 47.2 Å². The predicted molar refractivity (Wildman–Crippen MR) is 107 cm³/mol. The molecule has 0 aromatic heterocycles. The highest BCUT2D eigenvalue weighted by molar-refractivity contribution is 6.34. The molecule has 0 bridgehead atoms. The van der Waals surface area contributed by atoms with E-state index in [2.05, 4.69) is 16.0 Å². The van der Waals surface area contributed by atoms with Crippen molar-refractivity contribution in [2.45, 2.75) is 12.8 Å². The zero-order valence-electron chi connectivity index (χ0n) is 14.1. The number of anilines is 2. The second-order valence-corrected chi connectivity index (χ2v) is 6.54. The summed E-state index contributed by atoms with van der Waals surface area (Å²) in [7, 11) is 0. The fourth-order valence-corrected chi connectivity index (χ4v) is 2.62. The maximum Gasteiger partial charge on any atom is 0.257 e. The highest BCUT2D eigenvalue weighted by Crippen LogP contribution is 2.27. The van der Waals surface area contributed by atoms with Crippen LogP contribution in [0.15, 0.2) is 48.5 Å². The molecule has 1 fully saturated rings. The van der Waals surface area contributed by atoms with Crippen molar-refractivity contribution in [1.29, 1.82) is 0 Å². The summed E-state index contributed by atoms with van der Waals surface area (Å²) in [6.07, 6.45) is 2.48. The summed E-state index contributed by atoms with van der Waals surface area (Å²) in [5.41, 5.74) is 1.54. The van der Waals surface area contributed by atoms with Crippen LogP contribution in [0.4, 0.5) is 11.4 Å². The molecule has 2 amide bonds. The fraction of sp³-hybridized carbons (Fsp3) is 0.263. The van der Waals surface area contributed by atoms with Gasteiger partial charge in [-0.3, -0.25) is 9.59 Å². The molecular formula is C19H21Cl2N3O2. The minimum absolute atomic E-state index is 0. The van der Waals surface area contributed by atoms with Crippen molar-refractivity contribution in [2.75, 3.05) is 23.7 Å². The molecule has 138 valence electrons. The van der Waals surface area contributed by atoms with Gasteiger partial charge in [-0.1, -0.05) is 29.8 Å². The van der Waals surface area contributed by atoms with E-state index in [0.29, 0.717) is 22.0 Å². The lowest BCUT2D eigenvalue weighted by Gasteiger charge is -2.10. The van der Waals surface area contributed by atoms with E-state index >= 15 is 0 Å². The van der Waals surface area contributed by atoms with E-state index in [1.54, 1.807) is 30.3 Å². The Bertz CT molecular complexity index is 765. The second kappa shape index (κ2) is 9.57.